The molecule has 29 heavy (non-hydrogen) atoms. The maximum Gasteiger partial charge on any atom is 0.254 e. The molecule has 0 spiro atoms. The van der Waals surface area contributed by atoms with Gasteiger partial charge in [-0.3, -0.25) is 9.59 Å². The van der Waals surface area contributed by atoms with E-state index in [-0.39, 0.29) is 37.1 Å². The van der Waals surface area contributed by atoms with Crippen LogP contribution in [0, 0.1) is 5.92 Å². The number of benzene rings is 1. The first-order valence-electron chi connectivity index (χ1n) is 10.4. The maximum atomic E-state index is 13.0. The first-order chi connectivity index (χ1) is 13.7. The van der Waals surface area contributed by atoms with Gasteiger partial charge < -0.3 is 25.4 Å². The van der Waals surface area contributed by atoms with Crippen molar-refractivity contribution in [3.05, 3.63) is 23.8 Å². The third-order valence-electron chi connectivity index (χ3n) is 6.24. The summed E-state index contributed by atoms with van der Waals surface area (Å²) in [6.45, 7) is 1.20. The molecule has 4 rings (SSSR count). The number of amides is 2. The molecular weight excluding hydrogens is 394 g/mol. The zero-order valence-corrected chi connectivity index (χ0v) is 17.4. The summed E-state index contributed by atoms with van der Waals surface area (Å²) in [6.07, 6.45) is 7.42. The normalized spacial score (nSPS) is 22.1. The average molecular weight is 424 g/mol. The molecule has 3 aliphatic rings. The third-order valence-corrected chi connectivity index (χ3v) is 6.24. The van der Waals surface area contributed by atoms with Crippen LogP contribution in [0.15, 0.2) is 18.2 Å². The van der Waals surface area contributed by atoms with E-state index in [1.54, 1.807) is 23.1 Å². The van der Waals surface area contributed by atoms with Crippen molar-refractivity contribution in [3.8, 4) is 11.5 Å². The van der Waals surface area contributed by atoms with Crippen molar-refractivity contribution >= 4 is 24.2 Å². The van der Waals surface area contributed by atoms with Gasteiger partial charge in [0, 0.05) is 24.7 Å². The summed E-state index contributed by atoms with van der Waals surface area (Å²) in [6, 6.07) is 4.73. The lowest BCUT2D eigenvalue weighted by atomic mass is 9.84. The van der Waals surface area contributed by atoms with Crippen LogP contribution in [0.3, 0.4) is 0 Å². The van der Waals surface area contributed by atoms with Gasteiger partial charge in [-0.15, -0.1) is 12.4 Å². The highest BCUT2D eigenvalue weighted by Gasteiger charge is 2.36. The Hall–Kier alpha value is -1.99. The summed E-state index contributed by atoms with van der Waals surface area (Å²) in [4.78, 5) is 27.7. The van der Waals surface area contributed by atoms with Crippen LogP contribution in [-0.2, 0) is 4.79 Å². The molecule has 1 aliphatic carbocycles. The van der Waals surface area contributed by atoms with Gasteiger partial charge in [0.1, 0.15) is 6.04 Å². The first-order valence-corrected chi connectivity index (χ1v) is 10.4. The van der Waals surface area contributed by atoms with E-state index in [2.05, 4.69) is 5.32 Å². The molecule has 1 saturated carbocycles. The molecule has 2 fully saturated rings. The number of ether oxygens (including phenoxy) is 2. The minimum Gasteiger partial charge on any atom is -0.454 e. The molecule has 8 heteroatoms. The minimum atomic E-state index is -0.435. The van der Waals surface area contributed by atoms with Crippen molar-refractivity contribution < 1.29 is 19.1 Å². The molecule has 0 aromatic heterocycles. The molecule has 160 valence electrons. The lowest BCUT2D eigenvalue weighted by molar-refractivity contribution is -0.126. The Morgan fingerprint density at radius 1 is 1.10 bits per heavy atom. The standard InChI is InChI=1S/C21H29N3O4.ClH/c22-12-16(14-5-2-1-3-6-14)23-20(25)17-7-4-10-24(17)21(26)15-8-9-18-19(11-15)28-13-27-18;/h8-9,11,14,16-17H,1-7,10,12-13,22H2,(H,23,25);1H. The fraction of sp³-hybridized carbons (Fsp3) is 0.619. The minimum absolute atomic E-state index is 0. The predicted octanol–water partition coefficient (Wildman–Crippen LogP) is 2.47. The summed E-state index contributed by atoms with van der Waals surface area (Å²) < 4.78 is 10.7. The van der Waals surface area contributed by atoms with Crippen molar-refractivity contribution in [1.82, 2.24) is 10.2 Å². The Balaban J connectivity index is 0.00000240. The molecule has 7 nitrogen and oxygen atoms in total. The molecule has 2 aliphatic heterocycles. The second-order valence-corrected chi connectivity index (χ2v) is 7.97. The van der Waals surface area contributed by atoms with Crippen molar-refractivity contribution in [2.45, 2.75) is 57.0 Å². The number of nitrogens with two attached hydrogens (primary N) is 1. The van der Waals surface area contributed by atoms with Crippen LogP contribution in [0.2, 0.25) is 0 Å². The smallest absolute Gasteiger partial charge is 0.254 e. The number of carbonyl (C=O) groups excluding carboxylic acids is 2. The third kappa shape index (κ3) is 4.61. The number of rotatable bonds is 5. The summed E-state index contributed by atoms with van der Waals surface area (Å²) >= 11 is 0. The van der Waals surface area contributed by atoms with Crippen LogP contribution in [0.4, 0.5) is 0 Å². The average Bonchev–Trinajstić information content (AvgIpc) is 3.40. The van der Waals surface area contributed by atoms with Gasteiger partial charge in [0.2, 0.25) is 12.7 Å². The van der Waals surface area contributed by atoms with E-state index in [0.717, 1.165) is 19.3 Å². The van der Waals surface area contributed by atoms with Crippen molar-refractivity contribution in [1.29, 1.82) is 0 Å². The molecule has 2 atom stereocenters. The molecule has 2 amide bonds. The number of fused-ring (bicyclic) bond motifs is 1. The zero-order valence-electron chi connectivity index (χ0n) is 16.6. The van der Waals surface area contributed by atoms with Crippen LogP contribution in [0.5, 0.6) is 11.5 Å². The van der Waals surface area contributed by atoms with Crippen LogP contribution < -0.4 is 20.5 Å². The summed E-state index contributed by atoms with van der Waals surface area (Å²) in [5.41, 5.74) is 6.49. The Morgan fingerprint density at radius 3 is 2.62 bits per heavy atom. The van der Waals surface area contributed by atoms with Crippen LogP contribution in [0.1, 0.15) is 55.3 Å². The fourth-order valence-corrected chi connectivity index (χ4v) is 4.66. The number of hydrogen-bond donors (Lipinski definition) is 2. The number of hydrogen-bond acceptors (Lipinski definition) is 5. The Morgan fingerprint density at radius 2 is 1.86 bits per heavy atom. The van der Waals surface area contributed by atoms with Gasteiger partial charge >= 0.3 is 0 Å². The number of carbonyl (C=O) groups is 2. The highest BCUT2D eigenvalue weighted by molar-refractivity contribution is 5.98. The monoisotopic (exact) mass is 423 g/mol. The molecule has 1 aromatic carbocycles. The van der Waals surface area contributed by atoms with Crippen molar-refractivity contribution in [2.75, 3.05) is 19.9 Å². The lowest BCUT2D eigenvalue weighted by Gasteiger charge is -2.32. The Kier molecular flexibility index (Phi) is 7.24. The Bertz CT molecular complexity index is 739. The highest BCUT2D eigenvalue weighted by Crippen LogP contribution is 2.33. The largest absolute Gasteiger partial charge is 0.454 e. The molecule has 0 radical (unpaired) electrons. The maximum absolute atomic E-state index is 13.0. The van der Waals surface area contributed by atoms with Crippen molar-refractivity contribution in [2.24, 2.45) is 11.7 Å². The van der Waals surface area contributed by atoms with Crippen LogP contribution in [-0.4, -0.2) is 48.7 Å². The molecule has 0 bridgehead atoms. The molecule has 2 heterocycles. The fourth-order valence-electron chi connectivity index (χ4n) is 4.66. The van der Waals surface area contributed by atoms with E-state index in [0.29, 0.717) is 42.5 Å². The van der Waals surface area contributed by atoms with Crippen LogP contribution in [0.25, 0.3) is 0 Å². The second kappa shape index (κ2) is 9.67. The van der Waals surface area contributed by atoms with Gasteiger partial charge in [-0.1, -0.05) is 19.3 Å². The zero-order chi connectivity index (χ0) is 19.5. The van der Waals surface area contributed by atoms with E-state index in [4.69, 9.17) is 15.2 Å². The topological polar surface area (TPSA) is 93.9 Å². The van der Waals surface area contributed by atoms with Gasteiger partial charge in [-0.2, -0.15) is 0 Å². The molecule has 2 unspecified atom stereocenters. The van der Waals surface area contributed by atoms with Gasteiger partial charge in [-0.05, 0) is 49.8 Å². The van der Waals surface area contributed by atoms with E-state index in [9.17, 15) is 9.59 Å². The summed E-state index contributed by atoms with van der Waals surface area (Å²) in [7, 11) is 0. The summed E-state index contributed by atoms with van der Waals surface area (Å²) in [5, 5.41) is 3.15. The summed E-state index contributed by atoms with van der Waals surface area (Å²) in [5.74, 6) is 1.45. The number of likely N-dealkylation sites (tertiary alicyclic amines) is 1. The quantitative estimate of drug-likeness (QED) is 0.758. The molecule has 3 N–H and O–H groups in total. The number of halogens is 1. The van der Waals surface area contributed by atoms with Gasteiger partial charge in [-0.25, -0.2) is 0 Å². The van der Waals surface area contributed by atoms with Gasteiger partial charge in [0.25, 0.3) is 5.91 Å². The van der Waals surface area contributed by atoms with Crippen molar-refractivity contribution in [3.63, 3.8) is 0 Å². The van der Waals surface area contributed by atoms with Crippen LogP contribution >= 0.6 is 12.4 Å². The highest BCUT2D eigenvalue weighted by atomic mass is 35.5. The van der Waals surface area contributed by atoms with E-state index < -0.39 is 6.04 Å². The number of nitrogens with zero attached hydrogens (tertiary/aromatic N) is 1. The van der Waals surface area contributed by atoms with E-state index in [1.165, 1.54) is 19.3 Å². The molecule has 1 saturated heterocycles. The molecule has 1 aromatic rings. The molecular formula is C21H30ClN3O4. The first kappa shape index (κ1) is 21.7. The van der Waals surface area contributed by atoms with E-state index >= 15 is 0 Å². The second-order valence-electron chi connectivity index (χ2n) is 7.97. The predicted molar refractivity (Wildman–Crippen MR) is 111 cm³/mol. The van der Waals surface area contributed by atoms with Gasteiger partial charge in [0.15, 0.2) is 11.5 Å². The van der Waals surface area contributed by atoms with Gasteiger partial charge in [0.05, 0.1) is 0 Å². The number of nitrogens with one attached hydrogen (secondary N) is 1. The lowest BCUT2D eigenvalue weighted by Crippen LogP contribution is -2.53. The van der Waals surface area contributed by atoms with E-state index in [1.807, 2.05) is 0 Å². The SMILES string of the molecule is Cl.NCC(NC(=O)C1CCCN1C(=O)c1ccc2c(c1)OCO2)C1CCCCC1. The Labute approximate surface area is 177 Å².